The lowest BCUT2D eigenvalue weighted by molar-refractivity contribution is -0.136. The van der Waals surface area contributed by atoms with E-state index < -0.39 is 24.3 Å². The third-order valence-electron chi connectivity index (χ3n) is 13.3. The van der Waals surface area contributed by atoms with Gasteiger partial charge in [0.1, 0.15) is 23.7 Å². The van der Waals surface area contributed by atoms with Crippen LogP contribution in [0.15, 0.2) is 36.7 Å². The van der Waals surface area contributed by atoms with Crippen LogP contribution < -0.4 is 10.6 Å². The second-order valence-electron chi connectivity index (χ2n) is 17.1. The Balaban J connectivity index is 0.994. The molecule has 1 aromatic carbocycles. The summed E-state index contributed by atoms with van der Waals surface area (Å²) in [7, 11) is 2.61. The van der Waals surface area contributed by atoms with Crippen LogP contribution in [0.3, 0.4) is 0 Å². The Morgan fingerprint density at radius 1 is 0.696 bits per heavy atom. The molecule has 14 nitrogen and oxygen atoms in total. The van der Waals surface area contributed by atoms with E-state index in [0.29, 0.717) is 13.1 Å². The maximum absolute atomic E-state index is 13.7. The van der Waals surface area contributed by atoms with Gasteiger partial charge in [-0.15, -0.1) is 0 Å². The Hall–Kier alpha value is -4.88. The van der Waals surface area contributed by atoms with Crippen molar-refractivity contribution in [1.29, 1.82) is 0 Å². The first-order valence-electron chi connectivity index (χ1n) is 20.4. The van der Waals surface area contributed by atoms with E-state index >= 15 is 0 Å². The van der Waals surface area contributed by atoms with Crippen molar-refractivity contribution in [1.82, 2.24) is 40.4 Å². The summed E-state index contributed by atoms with van der Waals surface area (Å²) >= 11 is 0. The summed E-state index contributed by atoms with van der Waals surface area (Å²) in [5, 5.41) is 5.45. The first kappa shape index (κ1) is 39.4. The van der Waals surface area contributed by atoms with Gasteiger partial charge in [-0.3, -0.25) is 9.59 Å². The Morgan fingerprint density at radius 3 is 1.64 bits per heavy atom. The molecule has 2 aliphatic heterocycles. The van der Waals surface area contributed by atoms with Crippen molar-refractivity contribution in [2.75, 3.05) is 27.3 Å². The lowest BCUT2D eigenvalue weighted by Gasteiger charge is -2.53. The zero-order valence-corrected chi connectivity index (χ0v) is 33.7. The number of H-pyrrole nitrogens is 2. The lowest BCUT2D eigenvalue weighted by atomic mass is 9.51. The van der Waals surface area contributed by atoms with Gasteiger partial charge < -0.3 is 39.9 Å². The fourth-order valence-corrected chi connectivity index (χ4v) is 9.84. The van der Waals surface area contributed by atoms with Gasteiger partial charge in [-0.05, 0) is 92.6 Å². The van der Waals surface area contributed by atoms with Crippen LogP contribution >= 0.6 is 0 Å². The minimum atomic E-state index is -0.673. The number of imidazole rings is 2. The van der Waals surface area contributed by atoms with Crippen LogP contribution in [0.25, 0.3) is 11.3 Å². The third kappa shape index (κ3) is 7.38. The van der Waals surface area contributed by atoms with Gasteiger partial charge in [0.2, 0.25) is 11.8 Å². The Bertz CT molecular complexity index is 1880. The van der Waals surface area contributed by atoms with Gasteiger partial charge in [-0.2, -0.15) is 0 Å². The molecule has 4 heterocycles. The van der Waals surface area contributed by atoms with E-state index in [1.165, 1.54) is 25.5 Å². The average Bonchev–Trinajstić information content (AvgIpc) is 4.06. The summed E-state index contributed by atoms with van der Waals surface area (Å²) in [6.45, 7) is 8.93. The van der Waals surface area contributed by atoms with E-state index in [1.54, 1.807) is 0 Å². The first-order valence-corrected chi connectivity index (χ1v) is 20.4. The molecule has 2 bridgehead atoms. The largest absolute Gasteiger partial charge is 0.453 e. The lowest BCUT2D eigenvalue weighted by Crippen LogP contribution is -2.51. The van der Waals surface area contributed by atoms with Gasteiger partial charge in [-0.25, -0.2) is 19.6 Å². The second-order valence-corrected chi connectivity index (χ2v) is 17.1. The zero-order chi connectivity index (χ0) is 39.8. The number of carbonyl (C=O) groups is 4. The molecular weight excluding hydrogens is 713 g/mol. The molecule has 5 aliphatic rings. The Morgan fingerprint density at radius 2 is 1.16 bits per heavy atom. The molecule has 3 aliphatic carbocycles. The van der Waals surface area contributed by atoms with E-state index in [0.717, 1.165) is 87.1 Å². The molecule has 8 rings (SSSR count). The molecule has 14 heteroatoms. The standard InChI is InChI=1S/C42H58N8O6/c1-25(2)33(47-39(53)55-5)37(51)49-21-7-9-30(49)35-43-23-29(45-35)27-11-13-28(14-12-27)41-15-18-42(19-16-41,20-17-41)32-24-44-36(46-32)31-10-8-22-50(31)38(52)34(26(3)4)48-40(54)56-6/h11-14,23-26,30-31,33-34H,7-10,15-22H2,1-6H3,(H,43,45)(H,44,46)(H,47,53)(H,48,54)/t30-,31-,33-,34?,41?,42?/m0/s1. The zero-order valence-electron chi connectivity index (χ0n) is 33.7. The molecule has 302 valence electrons. The molecule has 56 heavy (non-hydrogen) atoms. The summed E-state index contributed by atoms with van der Waals surface area (Å²) in [6, 6.07) is 7.28. The molecule has 3 saturated carbocycles. The molecule has 5 fully saturated rings. The maximum atomic E-state index is 13.7. The van der Waals surface area contributed by atoms with Crippen LogP contribution in [0.4, 0.5) is 9.59 Å². The van der Waals surface area contributed by atoms with Crippen molar-refractivity contribution in [3.8, 4) is 11.3 Å². The molecule has 3 aromatic rings. The molecule has 1 unspecified atom stereocenters. The number of nitrogens with one attached hydrogen (secondary N) is 4. The summed E-state index contributed by atoms with van der Waals surface area (Å²) in [5.41, 5.74) is 4.73. The first-order chi connectivity index (χ1) is 26.9. The van der Waals surface area contributed by atoms with Gasteiger partial charge in [0.25, 0.3) is 0 Å². The molecular formula is C42H58N8O6. The number of rotatable bonds is 11. The van der Waals surface area contributed by atoms with Crippen molar-refractivity contribution < 1.29 is 28.7 Å². The van der Waals surface area contributed by atoms with Crippen LogP contribution in [0.1, 0.15) is 127 Å². The van der Waals surface area contributed by atoms with Crippen molar-refractivity contribution >= 4 is 24.0 Å². The number of aromatic amines is 2. The molecule has 4 N–H and O–H groups in total. The average molecular weight is 771 g/mol. The molecule has 4 amide bonds. The van der Waals surface area contributed by atoms with Gasteiger partial charge >= 0.3 is 12.2 Å². The van der Waals surface area contributed by atoms with E-state index in [2.05, 4.69) is 44.9 Å². The van der Waals surface area contributed by atoms with Crippen molar-refractivity contribution in [3.63, 3.8) is 0 Å². The van der Waals surface area contributed by atoms with Gasteiger partial charge in [0, 0.05) is 30.4 Å². The second kappa shape index (κ2) is 15.9. The number of alkyl carbamates (subject to hydrolysis) is 2. The Kier molecular flexibility index (Phi) is 11.2. The number of hydrogen-bond acceptors (Lipinski definition) is 8. The van der Waals surface area contributed by atoms with Crippen LogP contribution in [0.2, 0.25) is 0 Å². The predicted octanol–water partition coefficient (Wildman–Crippen LogP) is 6.43. The quantitative estimate of drug-likeness (QED) is 0.173. The maximum Gasteiger partial charge on any atom is 0.407 e. The summed E-state index contributed by atoms with van der Waals surface area (Å²) in [5.74, 6) is 1.21. The molecule has 2 saturated heterocycles. The number of aromatic nitrogens is 4. The van der Waals surface area contributed by atoms with Crippen LogP contribution in [-0.4, -0.2) is 93.1 Å². The number of nitrogens with zero attached hydrogens (tertiary/aromatic N) is 4. The summed E-state index contributed by atoms with van der Waals surface area (Å²) in [6.07, 6.45) is 12.6. The normalized spacial score (nSPS) is 25.7. The topological polar surface area (TPSA) is 175 Å². The fourth-order valence-electron chi connectivity index (χ4n) is 9.84. The van der Waals surface area contributed by atoms with E-state index in [4.69, 9.17) is 19.4 Å². The number of fused-ring (bicyclic) bond motifs is 3. The highest BCUT2D eigenvalue weighted by atomic mass is 16.5. The number of benzene rings is 1. The predicted molar refractivity (Wildman–Crippen MR) is 209 cm³/mol. The monoisotopic (exact) mass is 770 g/mol. The SMILES string of the molecule is COC(=O)NC(C(=O)N1CCC[C@H]1c1ncc(C23CCC(c4ccc(-c5cnc([C@@H]6CCCN6C(=O)[C@@H](NC(=O)OC)C(C)C)[nH]5)cc4)(CC2)CC3)[nH]1)C(C)C. The van der Waals surface area contributed by atoms with E-state index in [1.807, 2.05) is 49.9 Å². The van der Waals surface area contributed by atoms with Crippen molar-refractivity contribution in [2.45, 2.75) is 127 Å². The van der Waals surface area contributed by atoms with Crippen LogP contribution in [0.5, 0.6) is 0 Å². The van der Waals surface area contributed by atoms with E-state index in [9.17, 15) is 19.2 Å². The summed E-state index contributed by atoms with van der Waals surface area (Å²) < 4.78 is 9.57. The fraction of sp³-hybridized carbons (Fsp3) is 0.619. The number of likely N-dealkylation sites (tertiary alicyclic amines) is 2. The molecule has 2 aromatic heterocycles. The Labute approximate surface area is 329 Å². The van der Waals surface area contributed by atoms with Crippen molar-refractivity contribution in [2.24, 2.45) is 11.8 Å². The number of methoxy groups -OCH3 is 2. The summed E-state index contributed by atoms with van der Waals surface area (Å²) in [4.78, 5) is 71.8. The van der Waals surface area contributed by atoms with Crippen molar-refractivity contribution in [3.05, 3.63) is 59.6 Å². The highest BCUT2D eigenvalue weighted by molar-refractivity contribution is 5.87. The van der Waals surface area contributed by atoms with Gasteiger partial charge in [-0.1, -0.05) is 52.0 Å². The number of amides is 4. The van der Waals surface area contributed by atoms with Crippen LogP contribution in [0, 0.1) is 11.8 Å². The number of carbonyl (C=O) groups excluding carboxylic acids is 4. The number of ether oxygens (including phenoxy) is 2. The smallest absolute Gasteiger partial charge is 0.407 e. The minimum Gasteiger partial charge on any atom is -0.453 e. The molecule has 4 atom stereocenters. The van der Waals surface area contributed by atoms with E-state index in [-0.39, 0.29) is 46.6 Å². The molecule has 0 radical (unpaired) electrons. The highest BCUT2D eigenvalue weighted by Gasteiger charge is 2.51. The highest BCUT2D eigenvalue weighted by Crippen LogP contribution is 2.58. The molecule has 0 spiro atoms. The van der Waals surface area contributed by atoms with Crippen LogP contribution in [-0.2, 0) is 29.9 Å². The third-order valence-corrected chi connectivity index (χ3v) is 13.3. The van der Waals surface area contributed by atoms with Gasteiger partial charge in [0.15, 0.2) is 0 Å². The van der Waals surface area contributed by atoms with Gasteiger partial charge in [0.05, 0.1) is 38.2 Å². The minimum absolute atomic E-state index is 0.0552. The number of hydrogen-bond donors (Lipinski definition) is 4.